The molecule has 1 atom stereocenters. The number of hydrogen-bond donors (Lipinski definition) is 3. The second-order valence-corrected chi connectivity index (χ2v) is 11.0. The lowest BCUT2D eigenvalue weighted by molar-refractivity contribution is -0.192. The lowest BCUT2D eigenvalue weighted by atomic mass is 9.86. The molecular weight excluding hydrogens is 577 g/mol. The van der Waals surface area contributed by atoms with Crippen LogP contribution in [0.4, 0.5) is 13.2 Å². The van der Waals surface area contributed by atoms with Gasteiger partial charge in [-0.1, -0.05) is 72.8 Å². The first kappa shape index (κ1) is 33.0. The molecule has 0 radical (unpaired) electrons. The smallest absolute Gasteiger partial charge is 0.490 e. The predicted octanol–water partition coefficient (Wildman–Crippen LogP) is 4.61. The number of carbonyl (C=O) groups is 2. The van der Waals surface area contributed by atoms with Crippen molar-refractivity contribution >= 4 is 11.9 Å². The summed E-state index contributed by atoms with van der Waals surface area (Å²) in [6, 6.07) is 26.7. The topological polar surface area (TPSA) is 108 Å². The number of aliphatic carboxylic acids is 1. The molecule has 0 bridgehead atoms. The van der Waals surface area contributed by atoms with Crippen LogP contribution in [0.2, 0.25) is 0 Å². The highest BCUT2D eigenvalue weighted by atomic mass is 19.4. The van der Waals surface area contributed by atoms with Gasteiger partial charge in [0.15, 0.2) is 0 Å². The Morgan fingerprint density at radius 3 is 2.00 bits per heavy atom. The van der Waals surface area contributed by atoms with E-state index in [4.69, 9.17) is 19.4 Å². The number of halogens is 3. The van der Waals surface area contributed by atoms with Crippen molar-refractivity contribution in [1.29, 1.82) is 0 Å². The molecule has 0 aromatic heterocycles. The van der Waals surface area contributed by atoms with Crippen LogP contribution in [0.3, 0.4) is 0 Å². The van der Waals surface area contributed by atoms with Crippen molar-refractivity contribution in [2.45, 2.75) is 31.2 Å². The van der Waals surface area contributed by atoms with Crippen molar-refractivity contribution in [2.75, 3.05) is 39.4 Å². The second-order valence-electron chi connectivity index (χ2n) is 11.0. The third kappa shape index (κ3) is 9.04. The van der Waals surface area contributed by atoms with E-state index in [9.17, 15) is 23.1 Å². The van der Waals surface area contributed by atoms with Crippen LogP contribution < -0.4 is 10.1 Å². The van der Waals surface area contributed by atoms with Crippen molar-refractivity contribution in [3.8, 4) is 5.75 Å². The number of carbonyl (C=O) groups excluding carboxylic acids is 1. The molecule has 2 fully saturated rings. The molecule has 11 heteroatoms. The van der Waals surface area contributed by atoms with Gasteiger partial charge in [-0.2, -0.15) is 13.2 Å². The number of ether oxygens (including phenoxy) is 2. The number of nitrogens with one attached hydrogen (secondary N) is 1. The lowest BCUT2D eigenvalue weighted by Gasteiger charge is -2.33. The Labute approximate surface area is 254 Å². The van der Waals surface area contributed by atoms with Crippen LogP contribution in [0.5, 0.6) is 5.75 Å². The Morgan fingerprint density at radius 2 is 1.43 bits per heavy atom. The first-order valence-corrected chi connectivity index (χ1v) is 14.5. The van der Waals surface area contributed by atoms with Gasteiger partial charge in [0.05, 0.1) is 13.2 Å². The van der Waals surface area contributed by atoms with Crippen molar-refractivity contribution < 1.29 is 42.4 Å². The van der Waals surface area contributed by atoms with Crippen molar-refractivity contribution in [1.82, 2.24) is 10.2 Å². The number of hydrogen-bond acceptors (Lipinski definition) is 7. The van der Waals surface area contributed by atoms with Gasteiger partial charge in [0.1, 0.15) is 5.75 Å². The summed E-state index contributed by atoms with van der Waals surface area (Å²) in [6.07, 6.45) is -3.16. The number of alkyl halides is 3. The summed E-state index contributed by atoms with van der Waals surface area (Å²) in [4.78, 5) is 24.9. The van der Waals surface area contributed by atoms with E-state index in [-0.39, 0.29) is 5.92 Å². The Balaban J connectivity index is 0.000000566. The molecule has 3 N–H and O–H groups in total. The first-order valence-electron chi connectivity index (χ1n) is 14.5. The van der Waals surface area contributed by atoms with Gasteiger partial charge in [0, 0.05) is 31.1 Å². The predicted molar refractivity (Wildman–Crippen MR) is 157 cm³/mol. The van der Waals surface area contributed by atoms with Crippen molar-refractivity contribution in [2.24, 2.45) is 11.8 Å². The summed E-state index contributed by atoms with van der Waals surface area (Å²) in [5, 5.41) is 22.2. The Kier molecular flexibility index (Phi) is 11.4. The van der Waals surface area contributed by atoms with Gasteiger partial charge < -0.3 is 25.0 Å². The normalized spacial score (nSPS) is 17.4. The molecular formula is C33H37F3N2O6. The van der Waals surface area contributed by atoms with Crippen LogP contribution in [0.1, 0.15) is 29.5 Å². The monoisotopic (exact) mass is 614 g/mol. The molecule has 3 aromatic carbocycles. The number of esters is 1. The summed E-state index contributed by atoms with van der Waals surface area (Å²) < 4.78 is 43.5. The Bertz CT molecular complexity index is 1350. The summed E-state index contributed by atoms with van der Waals surface area (Å²) in [5.41, 5.74) is 0.339. The summed E-state index contributed by atoms with van der Waals surface area (Å²) >= 11 is 0. The third-order valence-corrected chi connectivity index (χ3v) is 7.74. The minimum Gasteiger partial charge on any atom is -0.493 e. The highest BCUT2D eigenvalue weighted by Gasteiger charge is 2.42. The van der Waals surface area contributed by atoms with Gasteiger partial charge in [-0.25, -0.2) is 9.59 Å². The molecule has 0 aliphatic carbocycles. The molecule has 0 saturated carbocycles. The van der Waals surface area contributed by atoms with E-state index >= 15 is 0 Å². The van der Waals surface area contributed by atoms with E-state index in [1.54, 1.807) is 24.3 Å². The lowest BCUT2D eigenvalue weighted by Crippen LogP contribution is -2.45. The number of carboxylic acids is 1. The molecule has 236 valence electrons. The molecule has 5 rings (SSSR count). The Hall–Kier alpha value is -3.93. The Morgan fingerprint density at radius 1 is 0.841 bits per heavy atom. The summed E-state index contributed by atoms with van der Waals surface area (Å²) in [6.45, 7) is 5.69. The van der Waals surface area contributed by atoms with Crippen LogP contribution in [0, 0.1) is 11.8 Å². The van der Waals surface area contributed by atoms with E-state index in [1.165, 1.54) is 5.56 Å². The fraction of sp³-hybridized carbons (Fsp3) is 0.394. The number of benzene rings is 3. The number of aliphatic hydroxyl groups is 1. The second kappa shape index (κ2) is 15.2. The zero-order valence-corrected chi connectivity index (χ0v) is 24.2. The third-order valence-electron chi connectivity index (χ3n) is 7.74. The van der Waals surface area contributed by atoms with Crippen LogP contribution in [-0.4, -0.2) is 72.6 Å². The molecule has 0 spiro atoms. The van der Waals surface area contributed by atoms with Crippen LogP contribution in [-0.2, 0) is 26.5 Å². The van der Waals surface area contributed by atoms with E-state index in [2.05, 4.69) is 34.5 Å². The first-order chi connectivity index (χ1) is 21.1. The molecule has 2 heterocycles. The average Bonchev–Trinajstić information content (AvgIpc) is 3.00. The van der Waals surface area contributed by atoms with E-state index in [1.807, 2.05) is 36.4 Å². The molecule has 8 nitrogen and oxygen atoms in total. The van der Waals surface area contributed by atoms with Gasteiger partial charge in [-0.05, 0) is 55.1 Å². The maximum absolute atomic E-state index is 13.5. The number of likely N-dealkylation sites (tertiary alicyclic amines) is 1. The van der Waals surface area contributed by atoms with Gasteiger partial charge in [0.2, 0.25) is 5.60 Å². The van der Waals surface area contributed by atoms with Crippen molar-refractivity contribution in [3.05, 3.63) is 102 Å². The van der Waals surface area contributed by atoms with Gasteiger partial charge in [0.25, 0.3) is 0 Å². The maximum atomic E-state index is 13.5. The van der Waals surface area contributed by atoms with Crippen LogP contribution in [0.15, 0.2) is 84.9 Å². The molecule has 2 aliphatic heterocycles. The molecule has 2 saturated heterocycles. The molecule has 0 unspecified atom stereocenters. The molecule has 3 aromatic rings. The zero-order valence-electron chi connectivity index (χ0n) is 24.2. The largest absolute Gasteiger partial charge is 0.493 e. The highest BCUT2D eigenvalue weighted by molar-refractivity contribution is 5.85. The van der Waals surface area contributed by atoms with E-state index < -0.39 is 23.7 Å². The number of piperidine rings is 1. The number of carboxylic acid groups (broad SMARTS) is 1. The minimum absolute atomic E-state index is 0.279. The van der Waals surface area contributed by atoms with Crippen LogP contribution in [0.25, 0.3) is 0 Å². The van der Waals surface area contributed by atoms with E-state index in [0.717, 1.165) is 45.6 Å². The highest BCUT2D eigenvalue weighted by Crippen LogP contribution is 2.34. The number of nitrogens with zero attached hydrogens (tertiary/aromatic N) is 1. The average molecular weight is 615 g/mol. The SMILES string of the molecule is O=C(O)C(F)(F)F.O=C(OCC1CCN(Cc2ccccc2)CC1)[C@](O)(c1ccccc1)c1cccc(OCC2CNC2)c1. The minimum atomic E-state index is -5.08. The zero-order chi connectivity index (χ0) is 31.6. The summed E-state index contributed by atoms with van der Waals surface area (Å²) in [7, 11) is 0. The molecule has 44 heavy (non-hydrogen) atoms. The van der Waals surface area contributed by atoms with Gasteiger partial charge in [-0.15, -0.1) is 0 Å². The number of rotatable bonds is 10. The fourth-order valence-electron chi connectivity index (χ4n) is 5.02. The summed E-state index contributed by atoms with van der Waals surface area (Å²) in [5.74, 6) is -2.00. The maximum Gasteiger partial charge on any atom is 0.490 e. The van der Waals surface area contributed by atoms with Gasteiger partial charge in [-0.3, -0.25) is 4.90 Å². The standard InChI is InChI=1S/C31H36N2O4.C2HF3O2/c34-30(37-22-25-14-16-33(17-15-25)21-24-8-3-1-4-9-24)31(35,27-10-5-2-6-11-27)28-12-7-13-29(18-28)36-23-26-19-32-20-26;3-2(4,5)1(6)7/h1-13,18,25-26,32,35H,14-17,19-23H2;(H,6,7)/t31-;/m0./s1. The van der Waals surface area contributed by atoms with Crippen molar-refractivity contribution in [3.63, 3.8) is 0 Å². The van der Waals surface area contributed by atoms with E-state index in [0.29, 0.717) is 36.0 Å². The van der Waals surface area contributed by atoms with Gasteiger partial charge >= 0.3 is 18.1 Å². The fourth-order valence-corrected chi connectivity index (χ4v) is 5.02. The molecule has 2 aliphatic rings. The molecule has 0 amide bonds. The van der Waals surface area contributed by atoms with Crippen LogP contribution >= 0.6 is 0 Å². The quantitative estimate of drug-likeness (QED) is 0.285.